The van der Waals surface area contributed by atoms with Gasteiger partial charge in [0, 0.05) is 30.1 Å². The molecule has 0 fully saturated rings. The number of carbonyl (C=O) groups is 1. The fourth-order valence-electron chi connectivity index (χ4n) is 2.86. The van der Waals surface area contributed by atoms with Crippen molar-refractivity contribution < 1.29 is 18.3 Å². The smallest absolute Gasteiger partial charge is 0.271 e. The predicted molar refractivity (Wildman–Crippen MR) is 103 cm³/mol. The van der Waals surface area contributed by atoms with Crippen molar-refractivity contribution in [3.63, 3.8) is 0 Å². The van der Waals surface area contributed by atoms with Gasteiger partial charge in [0.1, 0.15) is 35.3 Å². The highest BCUT2D eigenvalue weighted by Gasteiger charge is 2.12. The summed E-state index contributed by atoms with van der Waals surface area (Å²) in [5.41, 5.74) is 1.54. The van der Waals surface area contributed by atoms with Gasteiger partial charge in [-0.25, -0.2) is 13.8 Å². The largest absolute Gasteiger partial charge is 0.489 e. The van der Waals surface area contributed by atoms with Gasteiger partial charge >= 0.3 is 0 Å². The third kappa shape index (κ3) is 4.24. The van der Waals surface area contributed by atoms with E-state index < -0.39 is 11.7 Å². The van der Waals surface area contributed by atoms with Crippen LogP contribution >= 0.6 is 0 Å². The maximum absolute atomic E-state index is 14.1. The molecule has 29 heavy (non-hydrogen) atoms. The van der Waals surface area contributed by atoms with E-state index in [1.165, 1.54) is 24.3 Å². The summed E-state index contributed by atoms with van der Waals surface area (Å²) < 4.78 is 35.1. The fraction of sp³-hybridized carbons (Fsp3) is 0.0909. The van der Waals surface area contributed by atoms with Gasteiger partial charge in [0.15, 0.2) is 0 Å². The number of imidazole rings is 1. The van der Waals surface area contributed by atoms with Crippen LogP contribution < -0.4 is 10.1 Å². The lowest BCUT2D eigenvalue weighted by Crippen LogP contribution is -2.23. The average molecular weight is 393 g/mol. The van der Waals surface area contributed by atoms with Crippen molar-refractivity contribution in [2.24, 2.45) is 0 Å². The molecule has 4 rings (SSSR count). The van der Waals surface area contributed by atoms with Gasteiger partial charge in [-0.15, -0.1) is 0 Å². The molecule has 0 saturated carbocycles. The molecule has 0 aliphatic rings. The zero-order valence-electron chi connectivity index (χ0n) is 15.3. The lowest BCUT2D eigenvalue weighted by molar-refractivity contribution is 0.0946. The summed E-state index contributed by atoms with van der Waals surface area (Å²) in [6.45, 7) is -0.0131. The zero-order chi connectivity index (χ0) is 20.2. The Labute approximate surface area is 165 Å². The monoisotopic (exact) mass is 393 g/mol. The third-order valence-electron chi connectivity index (χ3n) is 4.41. The Hall–Kier alpha value is -3.74. The van der Waals surface area contributed by atoms with E-state index in [1.54, 1.807) is 41.1 Å². The first-order valence-electron chi connectivity index (χ1n) is 8.97. The van der Waals surface area contributed by atoms with E-state index >= 15 is 0 Å². The van der Waals surface area contributed by atoms with Crippen LogP contribution in [0.5, 0.6) is 5.75 Å². The van der Waals surface area contributed by atoms with Gasteiger partial charge in [-0.3, -0.25) is 4.79 Å². The summed E-state index contributed by atoms with van der Waals surface area (Å²) in [7, 11) is 0. The Balaban J connectivity index is 1.42. The molecule has 7 heteroatoms. The second kappa shape index (κ2) is 8.10. The summed E-state index contributed by atoms with van der Waals surface area (Å²) >= 11 is 0. The molecule has 2 aromatic carbocycles. The molecule has 0 atom stereocenters. The topological polar surface area (TPSA) is 55.6 Å². The maximum Gasteiger partial charge on any atom is 0.271 e. The molecule has 0 unspecified atom stereocenters. The molecule has 0 saturated heterocycles. The number of benzene rings is 2. The van der Waals surface area contributed by atoms with E-state index in [0.29, 0.717) is 17.0 Å². The third-order valence-corrected chi connectivity index (χ3v) is 4.41. The van der Waals surface area contributed by atoms with Crippen LogP contribution in [0.2, 0.25) is 0 Å². The second-order valence-corrected chi connectivity index (χ2v) is 6.41. The molecule has 1 N–H and O–H groups in total. The highest BCUT2D eigenvalue weighted by molar-refractivity contribution is 5.92. The first kappa shape index (κ1) is 18.6. The molecule has 1 amide bonds. The van der Waals surface area contributed by atoms with E-state index in [-0.39, 0.29) is 30.2 Å². The molecule has 146 valence electrons. The Kier molecular flexibility index (Phi) is 5.20. The summed E-state index contributed by atoms with van der Waals surface area (Å²) in [6, 6.07) is 15.9. The molecule has 4 aromatic rings. The quantitative estimate of drug-likeness (QED) is 0.536. The van der Waals surface area contributed by atoms with Gasteiger partial charge in [0.05, 0.1) is 0 Å². The minimum Gasteiger partial charge on any atom is -0.489 e. The Morgan fingerprint density at radius 2 is 1.79 bits per heavy atom. The van der Waals surface area contributed by atoms with Crippen molar-refractivity contribution in [1.82, 2.24) is 14.7 Å². The van der Waals surface area contributed by atoms with Crippen molar-refractivity contribution >= 4 is 11.6 Å². The molecular weight excluding hydrogens is 376 g/mol. The van der Waals surface area contributed by atoms with E-state index in [2.05, 4.69) is 10.3 Å². The van der Waals surface area contributed by atoms with Crippen molar-refractivity contribution in [1.29, 1.82) is 0 Å². The number of halogens is 2. The number of hydrogen-bond acceptors (Lipinski definition) is 3. The van der Waals surface area contributed by atoms with Crippen LogP contribution in [0.15, 0.2) is 73.1 Å². The molecule has 0 spiro atoms. The first-order valence-corrected chi connectivity index (χ1v) is 8.97. The molecule has 2 aromatic heterocycles. The first-order chi connectivity index (χ1) is 14.1. The molecule has 0 aliphatic carbocycles. The minimum atomic E-state index is -0.474. The summed E-state index contributed by atoms with van der Waals surface area (Å²) in [4.78, 5) is 16.6. The molecule has 0 radical (unpaired) electrons. The Morgan fingerprint density at radius 3 is 2.62 bits per heavy atom. The Morgan fingerprint density at radius 1 is 1.00 bits per heavy atom. The number of nitrogens with zero attached hydrogens (tertiary/aromatic N) is 2. The van der Waals surface area contributed by atoms with Gasteiger partial charge in [0.2, 0.25) is 0 Å². The second-order valence-electron chi connectivity index (χ2n) is 6.41. The number of rotatable bonds is 6. The van der Waals surface area contributed by atoms with Gasteiger partial charge in [-0.05, 0) is 36.4 Å². The molecule has 2 heterocycles. The van der Waals surface area contributed by atoms with Crippen LogP contribution in [-0.2, 0) is 13.2 Å². The number of ether oxygens (including phenoxy) is 1. The van der Waals surface area contributed by atoms with Crippen LogP contribution in [0, 0.1) is 11.6 Å². The number of nitrogens with one attached hydrogen (secondary N) is 1. The van der Waals surface area contributed by atoms with Crippen LogP contribution in [0.1, 0.15) is 21.6 Å². The lowest BCUT2D eigenvalue weighted by Gasteiger charge is -2.10. The van der Waals surface area contributed by atoms with Gasteiger partial charge in [-0.1, -0.05) is 24.3 Å². The van der Waals surface area contributed by atoms with Crippen LogP contribution in [-0.4, -0.2) is 15.3 Å². The number of amides is 1. The van der Waals surface area contributed by atoms with Crippen LogP contribution in [0.3, 0.4) is 0 Å². The summed E-state index contributed by atoms with van der Waals surface area (Å²) in [5.74, 6) is -0.870. The van der Waals surface area contributed by atoms with Crippen molar-refractivity contribution in [3.8, 4) is 5.75 Å². The SMILES string of the molecule is O=C(NCc1cc(OCc2ccccc2F)ccc1F)c1cn2ccccc2n1. The number of pyridine rings is 1. The van der Waals surface area contributed by atoms with Gasteiger partial charge < -0.3 is 14.5 Å². The normalized spacial score (nSPS) is 10.8. The number of aromatic nitrogens is 2. The average Bonchev–Trinajstić information content (AvgIpc) is 3.17. The van der Waals surface area contributed by atoms with E-state index in [9.17, 15) is 13.6 Å². The highest BCUT2D eigenvalue weighted by Crippen LogP contribution is 2.19. The molecule has 5 nitrogen and oxygen atoms in total. The lowest BCUT2D eigenvalue weighted by atomic mass is 10.2. The number of carbonyl (C=O) groups excluding carboxylic acids is 1. The standard InChI is InChI=1S/C22H17F2N3O2/c23-18-6-2-1-5-15(18)14-29-17-8-9-19(24)16(11-17)12-25-22(28)20-13-27-10-4-3-7-21(27)26-20/h1-11,13H,12,14H2,(H,25,28). The summed E-state index contributed by atoms with van der Waals surface area (Å²) in [5, 5.41) is 2.66. The maximum atomic E-state index is 14.1. The zero-order valence-corrected chi connectivity index (χ0v) is 15.3. The molecular formula is C22H17F2N3O2. The molecule has 0 bridgehead atoms. The van der Waals surface area contributed by atoms with E-state index in [4.69, 9.17) is 4.74 Å². The Bertz CT molecular complexity index is 1140. The van der Waals surface area contributed by atoms with Crippen LogP contribution in [0.4, 0.5) is 8.78 Å². The minimum absolute atomic E-state index is 0.0192. The van der Waals surface area contributed by atoms with Crippen LogP contribution in [0.25, 0.3) is 5.65 Å². The van der Waals surface area contributed by atoms with Crippen molar-refractivity contribution in [3.05, 3.63) is 102 Å². The molecule has 0 aliphatic heterocycles. The van der Waals surface area contributed by atoms with Gasteiger partial charge in [0.25, 0.3) is 5.91 Å². The number of fused-ring (bicyclic) bond motifs is 1. The number of hydrogen-bond donors (Lipinski definition) is 1. The summed E-state index contributed by atoms with van der Waals surface area (Å²) in [6.07, 6.45) is 3.39. The van der Waals surface area contributed by atoms with Crippen molar-refractivity contribution in [2.45, 2.75) is 13.2 Å². The van der Waals surface area contributed by atoms with E-state index in [0.717, 1.165) is 0 Å². The van der Waals surface area contributed by atoms with Gasteiger partial charge in [-0.2, -0.15) is 0 Å². The van der Waals surface area contributed by atoms with E-state index in [1.807, 2.05) is 12.1 Å². The predicted octanol–water partition coefficient (Wildman–Crippen LogP) is 4.12. The van der Waals surface area contributed by atoms with Crippen molar-refractivity contribution in [2.75, 3.05) is 0 Å². The fourth-order valence-corrected chi connectivity index (χ4v) is 2.86. The highest BCUT2D eigenvalue weighted by atomic mass is 19.1.